The van der Waals surface area contributed by atoms with Crippen LogP contribution in [0.25, 0.3) is 0 Å². The van der Waals surface area contributed by atoms with Crippen molar-refractivity contribution in [3.8, 4) is 5.75 Å². The molecule has 0 heterocycles. The van der Waals surface area contributed by atoms with Gasteiger partial charge in [-0.05, 0) is 68.7 Å². The molecule has 0 aliphatic carbocycles. The van der Waals surface area contributed by atoms with E-state index < -0.39 is 15.9 Å². The maximum absolute atomic E-state index is 13.5. The van der Waals surface area contributed by atoms with Crippen LogP contribution < -0.4 is 14.4 Å². The molecule has 7 heteroatoms. The molecule has 0 aromatic heterocycles. The van der Waals surface area contributed by atoms with E-state index in [0.717, 1.165) is 35.3 Å². The summed E-state index contributed by atoms with van der Waals surface area (Å²) < 4.78 is 33.9. The number of anilines is 1. The number of aryl methyl sites for hydroxylation is 4. The van der Waals surface area contributed by atoms with Gasteiger partial charge in [-0.2, -0.15) is 0 Å². The summed E-state index contributed by atoms with van der Waals surface area (Å²) in [4.78, 5) is 12.9. The number of hydrogen-bond donors (Lipinski definition) is 1. The van der Waals surface area contributed by atoms with Crippen LogP contribution in [0.4, 0.5) is 5.69 Å². The average molecular weight is 495 g/mol. The van der Waals surface area contributed by atoms with Gasteiger partial charge in [-0.25, -0.2) is 8.42 Å². The molecule has 0 saturated heterocycles. The van der Waals surface area contributed by atoms with E-state index in [9.17, 15) is 13.2 Å². The van der Waals surface area contributed by atoms with Crippen molar-refractivity contribution in [2.45, 2.75) is 45.4 Å². The Morgan fingerprint density at radius 3 is 2.20 bits per heavy atom. The van der Waals surface area contributed by atoms with Crippen LogP contribution in [-0.2, 0) is 21.2 Å². The van der Waals surface area contributed by atoms with Gasteiger partial charge >= 0.3 is 0 Å². The van der Waals surface area contributed by atoms with Crippen molar-refractivity contribution >= 4 is 21.6 Å². The molecule has 3 rings (SSSR count). The second-order valence-corrected chi connectivity index (χ2v) is 10.6. The molecule has 0 atom stereocenters. The molecule has 1 amide bonds. The number of benzene rings is 3. The zero-order chi connectivity index (χ0) is 25.4. The molecule has 0 saturated carbocycles. The number of carbonyl (C=O) groups is 1. The molecule has 0 aliphatic rings. The second-order valence-electron chi connectivity index (χ2n) is 8.71. The molecular formula is C28H34N2O4S. The first kappa shape index (κ1) is 26.3. The maximum atomic E-state index is 13.5. The Kier molecular flexibility index (Phi) is 8.93. The lowest BCUT2D eigenvalue weighted by atomic mass is 10.1. The molecule has 3 aromatic rings. The Balaban J connectivity index is 1.69. The monoisotopic (exact) mass is 494 g/mol. The van der Waals surface area contributed by atoms with Crippen LogP contribution in [-0.4, -0.2) is 34.0 Å². The Bertz CT molecular complexity index is 1240. The zero-order valence-corrected chi connectivity index (χ0v) is 21.7. The van der Waals surface area contributed by atoms with Gasteiger partial charge in [0, 0.05) is 0 Å². The number of rotatable bonds is 11. The SMILES string of the molecule is CCCc1ccc(OCCNC(=O)CN(c2ccc(C)cc2C)S(=O)(=O)c2ccc(C)cc2)cc1. The van der Waals surface area contributed by atoms with Crippen LogP contribution in [0.5, 0.6) is 5.75 Å². The van der Waals surface area contributed by atoms with Crippen LogP contribution in [0.2, 0.25) is 0 Å². The first-order valence-electron chi connectivity index (χ1n) is 11.9. The highest BCUT2D eigenvalue weighted by molar-refractivity contribution is 7.92. The van der Waals surface area contributed by atoms with Gasteiger partial charge in [0.15, 0.2) is 0 Å². The summed E-state index contributed by atoms with van der Waals surface area (Å²) >= 11 is 0. The Labute approximate surface area is 209 Å². The molecule has 0 aliphatic heterocycles. The van der Waals surface area contributed by atoms with Crippen LogP contribution in [0.1, 0.15) is 35.6 Å². The van der Waals surface area contributed by atoms with Crippen LogP contribution in [0.15, 0.2) is 71.6 Å². The minimum absolute atomic E-state index is 0.144. The first-order valence-corrected chi connectivity index (χ1v) is 13.3. The lowest BCUT2D eigenvalue weighted by Gasteiger charge is -2.26. The van der Waals surface area contributed by atoms with E-state index in [2.05, 4.69) is 12.2 Å². The third-order valence-electron chi connectivity index (χ3n) is 5.67. The normalized spacial score (nSPS) is 11.2. The molecule has 0 radical (unpaired) electrons. The van der Waals surface area contributed by atoms with E-state index in [0.29, 0.717) is 5.69 Å². The molecule has 35 heavy (non-hydrogen) atoms. The molecular weight excluding hydrogens is 460 g/mol. The van der Waals surface area contributed by atoms with E-state index in [4.69, 9.17) is 4.74 Å². The van der Waals surface area contributed by atoms with Gasteiger partial charge in [0.25, 0.3) is 10.0 Å². The van der Waals surface area contributed by atoms with Gasteiger partial charge < -0.3 is 10.1 Å². The van der Waals surface area contributed by atoms with Crippen LogP contribution in [0, 0.1) is 20.8 Å². The molecule has 1 N–H and O–H groups in total. The molecule has 0 spiro atoms. The van der Waals surface area contributed by atoms with Gasteiger partial charge in [-0.3, -0.25) is 9.10 Å². The van der Waals surface area contributed by atoms with Crippen molar-refractivity contribution in [1.82, 2.24) is 5.32 Å². The topological polar surface area (TPSA) is 75.7 Å². The average Bonchev–Trinajstić information content (AvgIpc) is 2.82. The summed E-state index contributed by atoms with van der Waals surface area (Å²) in [6, 6.07) is 20.0. The maximum Gasteiger partial charge on any atom is 0.264 e. The smallest absolute Gasteiger partial charge is 0.264 e. The van der Waals surface area contributed by atoms with Crippen molar-refractivity contribution in [2.24, 2.45) is 0 Å². The second kappa shape index (κ2) is 11.9. The van der Waals surface area contributed by atoms with Crippen molar-refractivity contribution in [2.75, 3.05) is 24.0 Å². The van der Waals surface area contributed by atoms with Crippen molar-refractivity contribution in [1.29, 1.82) is 0 Å². The molecule has 186 valence electrons. The standard InChI is InChI=1S/C28H34N2O4S/c1-5-6-24-10-12-25(13-11-24)34-18-17-29-28(31)20-30(27-16-9-22(3)19-23(27)4)35(32,33)26-14-7-21(2)8-15-26/h7-16,19H,5-6,17-18,20H2,1-4H3,(H,29,31). The highest BCUT2D eigenvalue weighted by atomic mass is 32.2. The number of amides is 1. The van der Waals surface area contributed by atoms with E-state index in [1.54, 1.807) is 30.3 Å². The van der Waals surface area contributed by atoms with Gasteiger partial charge in [0.05, 0.1) is 17.1 Å². The number of nitrogens with zero attached hydrogens (tertiary/aromatic N) is 1. The fourth-order valence-corrected chi connectivity index (χ4v) is 5.29. The zero-order valence-electron chi connectivity index (χ0n) is 20.9. The highest BCUT2D eigenvalue weighted by Crippen LogP contribution is 2.27. The predicted molar refractivity (Wildman–Crippen MR) is 141 cm³/mol. The summed E-state index contributed by atoms with van der Waals surface area (Å²) in [5, 5.41) is 2.78. The van der Waals surface area contributed by atoms with Crippen molar-refractivity contribution < 1.29 is 17.9 Å². The Morgan fingerprint density at radius 1 is 0.914 bits per heavy atom. The van der Waals surface area contributed by atoms with Gasteiger partial charge in [0.2, 0.25) is 5.91 Å². The first-order chi connectivity index (χ1) is 16.7. The third-order valence-corrected chi connectivity index (χ3v) is 7.45. The van der Waals surface area contributed by atoms with Crippen molar-refractivity contribution in [3.63, 3.8) is 0 Å². The van der Waals surface area contributed by atoms with Crippen LogP contribution in [0.3, 0.4) is 0 Å². The minimum atomic E-state index is -3.94. The van der Waals surface area contributed by atoms with Crippen molar-refractivity contribution in [3.05, 3.63) is 89.0 Å². The van der Waals surface area contributed by atoms with E-state index in [1.807, 2.05) is 57.2 Å². The highest BCUT2D eigenvalue weighted by Gasteiger charge is 2.28. The lowest BCUT2D eigenvalue weighted by molar-refractivity contribution is -0.119. The fourth-order valence-electron chi connectivity index (χ4n) is 3.81. The molecule has 0 bridgehead atoms. The Morgan fingerprint density at radius 2 is 1.57 bits per heavy atom. The molecule has 0 unspecified atom stereocenters. The van der Waals surface area contributed by atoms with Gasteiger partial charge in [-0.15, -0.1) is 0 Å². The molecule has 6 nitrogen and oxygen atoms in total. The predicted octanol–water partition coefficient (Wildman–Crippen LogP) is 4.95. The summed E-state index contributed by atoms with van der Waals surface area (Å²) in [5.74, 6) is 0.334. The minimum Gasteiger partial charge on any atom is -0.492 e. The van der Waals surface area contributed by atoms with E-state index in [-0.39, 0.29) is 24.6 Å². The summed E-state index contributed by atoms with van der Waals surface area (Å²) in [5.41, 5.74) is 4.50. The van der Waals surface area contributed by atoms with E-state index >= 15 is 0 Å². The number of ether oxygens (including phenoxy) is 1. The Hall–Kier alpha value is -3.32. The number of hydrogen-bond acceptors (Lipinski definition) is 4. The summed E-state index contributed by atoms with van der Waals surface area (Å²) in [7, 11) is -3.94. The largest absolute Gasteiger partial charge is 0.492 e. The quantitative estimate of drug-likeness (QED) is 0.383. The lowest BCUT2D eigenvalue weighted by Crippen LogP contribution is -2.42. The van der Waals surface area contributed by atoms with Gasteiger partial charge in [0.1, 0.15) is 18.9 Å². The molecule has 3 aromatic carbocycles. The van der Waals surface area contributed by atoms with Gasteiger partial charge in [-0.1, -0.05) is 60.9 Å². The number of carbonyl (C=O) groups excluding carboxylic acids is 1. The van der Waals surface area contributed by atoms with E-state index in [1.165, 1.54) is 9.87 Å². The summed E-state index contributed by atoms with van der Waals surface area (Å²) in [6.45, 7) is 8.05. The fraction of sp³-hybridized carbons (Fsp3) is 0.321. The third kappa shape index (κ3) is 7.09. The van der Waals surface area contributed by atoms with Crippen LogP contribution >= 0.6 is 0 Å². The number of nitrogens with one attached hydrogen (secondary N) is 1. The molecule has 0 fully saturated rings. The summed E-state index contributed by atoms with van der Waals surface area (Å²) in [6.07, 6.45) is 2.11. The number of sulfonamides is 1.